The molecule has 1 aromatic carbocycles. The van der Waals surface area contributed by atoms with Gasteiger partial charge in [-0.05, 0) is 43.5 Å². The van der Waals surface area contributed by atoms with E-state index in [1.54, 1.807) is 24.3 Å². The van der Waals surface area contributed by atoms with E-state index in [4.69, 9.17) is 9.84 Å². The molecular formula is C15H23NO3. The number of benzene rings is 1. The van der Waals surface area contributed by atoms with Crippen LogP contribution in [0.5, 0.6) is 5.75 Å². The minimum absolute atomic E-state index is 0.252. The Bertz CT molecular complexity index is 391. The zero-order chi connectivity index (χ0) is 14.1. The number of hydrogen-bond donors (Lipinski definition) is 2. The summed E-state index contributed by atoms with van der Waals surface area (Å²) in [5, 5.41) is 12.2. The van der Waals surface area contributed by atoms with E-state index in [1.807, 2.05) is 0 Å². The van der Waals surface area contributed by atoms with Crippen LogP contribution in [0.4, 0.5) is 0 Å². The van der Waals surface area contributed by atoms with Crippen LogP contribution in [0, 0.1) is 5.92 Å². The van der Waals surface area contributed by atoms with Gasteiger partial charge in [0, 0.05) is 6.54 Å². The number of hydrogen-bond acceptors (Lipinski definition) is 3. The van der Waals surface area contributed by atoms with E-state index in [9.17, 15) is 4.79 Å². The molecule has 19 heavy (non-hydrogen) atoms. The van der Waals surface area contributed by atoms with Crippen molar-refractivity contribution in [2.45, 2.75) is 26.7 Å². The van der Waals surface area contributed by atoms with Gasteiger partial charge >= 0.3 is 5.97 Å². The lowest BCUT2D eigenvalue weighted by Crippen LogP contribution is -2.22. The lowest BCUT2D eigenvalue weighted by molar-refractivity contribution is 0.0696. The monoisotopic (exact) mass is 265 g/mol. The molecule has 0 bridgehead atoms. The minimum Gasteiger partial charge on any atom is -0.492 e. The molecule has 0 heterocycles. The van der Waals surface area contributed by atoms with E-state index in [0.717, 1.165) is 19.0 Å². The van der Waals surface area contributed by atoms with Gasteiger partial charge in [0.2, 0.25) is 0 Å². The molecule has 0 saturated heterocycles. The fraction of sp³-hybridized carbons (Fsp3) is 0.533. The molecule has 0 fully saturated rings. The van der Waals surface area contributed by atoms with Crippen LogP contribution in [0.2, 0.25) is 0 Å². The van der Waals surface area contributed by atoms with Crippen molar-refractivity contribution in [1.29, 1.82) is 0 Å². The first kappa shape index (κ1) is 15.5. The first-order valence-corrected chi connectivity index (χ1v) is 6.76. The predicted octanol–water partition coefficient (Wildman–Crippen LogP) is 2.79. The van der Waals surface area contributed by atoms with Gasteiger partial charge < -0.3 is 15.2 Å². The Morgan fingerprint density at radius 1 is 1.37 bits per heavy atom. The maximum absolute atomic E-state index is 10.8. The Balaban J connectivity index is 2.15. The molecule has 0 radical (unpaired) electrons. The maximum Gasteiger partial charge on any atom is 0.335 e. The molecule has 4 heteroatoms. The van der Waals surface area contributed by atoms with Crippen molar-refractivity contribution in [1.82, 2.24) is 5.32 Å². The van der Waals surface area contributed by atoms with Gasteiger partial charge in [0.25, 0.3) is 0 Å². The highest BCUT2D eigenvalue weighted by Gasteiger charge is 2.03. The Kier molecular flexibility index (Phi) is 6.97. The van der Waals surface area contributed by atoms with Crippen LogP contribution in [-0.2, 0) is 0 Å². The summed E-state index contributed by atoms with van der Waals surface area (Å²) in [6, 6.07) is 6.56. The third-order valence-electron chi connectivity index (χ3n) is 2.76. The number of aromatic carboxylic acids is 1. The lowest BCUT2D eigenvalue weighted by Gasteiger charge is -2.08. The standard InChI is InChI=1S/C15H23NO3/c1-12(2)5-4-8-16-9-10-19-14-7-3-6-13(11-14)15(17)18/h3,6-7,11-12,16H,4-5,8-10H2,1-2H3,(H,17,18). The van der Waals surface area contributed by atoms with Crippen molar-refractivity contribution in [3.8, 4) is 5.75 Å². The molecule has 106 valence electrons. The van der Waals surface area contributed by atoms with Gasteiger partial charge in [0.1, 0.15) is 12.4 Å². The topological polar surface area (TPSA) is 58.6 Å². The number of nitrogens with one attached hydrogen (secondary N) is 1. The zero-order valence-electron chi connectivity index (χ0n) is 11.7. The van der Waals surface area contributed by atoms with E-state index >= 15 is 0 Å². The molecule has 0 aromatic heterocycles. The molecular weight excluding hydrogens is 242 g/mol. The lowest BCUT2D eigenvalue weighted by atomic mass is 10.1. The van der Waals surface area contributed by atoms with Crippen molar-refractivity contribution in [3.63, 3.8) is 0 Å². The van der Waals surface area contributed by atoms with Crippen LogP contribution in [0.25, 0.3) is 0 Å². The second kappa shape index (κ2) is 8.53. The zero-order valence-corrected chi connectivity index (χ0v) is 11.7. The summed E-state index contributed by atoms with van der Waals surface area (Å²) in [6.07, 6.45) is 2.40. The van der Waals surface area contributed by atoms with Crippen LogP contribution in [0.1, 0.15) is 37.0 Å². The Morgan fingerprint density at radius 3 is 2.84 bits per heavy atom. The van der Waals surface area contributed by atoms with Crippen LogP contribution in [-0.4, -0.2) is 30.8 Å². The van der Waals surface area contributed by atoms with Gasteiger partial charge in [0.05, 0.1) is 5.56 Å². The minimum atomic E-state index is -0.933. The summed E-state index contributed by atoms with van der Waals surface area (Å²) in [5.74, 6) is 0.415. The third kappa shape index (κ3) is 6.82. The van der Waals surface area contributed by atoms with E-state index in [0.29, 0.717) is 12.4 Å². The molecule has 0 aliphatic rings. The molecule has 2 N–H and O–H groups in total. The molecule has 0 aliphatic heterocycles. The van der Waals surface area contributed by atoms with Gasteiger partial charge in [0.15, 0.2) is 0 Å². The van der Waals surface area contributed by atoms with Crippen molar-refractivity contribution in [3.05, 3.63) is 29.8 Å². The molecule has 4 nitrogen and oxygen atoms in total. The fourth-order valence-electron chi connectivity index (χ4n) is 1.72. The van der Waals surface area contributed by atoms with Gasteiger partial charge in [-0.1, -0.05) is 19.9 Å². The predicted molar refractivity (Wildman–Crippen MR) is 75.8 cm³/mol. The number of carbonyl (C=O) groups is 1. The summed E-state index contributed by atoms with van der Waals surface area (Å²) in [7, 11) is 0. The molecule has 1 aromatic rings. The average molecular weight is 265 g/mol. The Labute approximate surface area is 114 Å². The number of rotatable bonds is 9. The second-order valence-corrected chi connectivity index (χ2v) is 4.97. The molecule has 0 amide bonds. The van der Waals surface area contributed by atoms with E-state index in [-0.39, 0.29) is 5.56 Å². The number of carboxylic acids is 1. The molecule has 0 unspecified atom stereocenters. The summed E-state index contributed by atoms with van der Waals surface area (Å²) in [5.41, 5.74) is 0.252. The first-order valence-electron chi connectivity index (χ1n) is 6.76. The normalized spacial score (nSPS) is 10.7. The highest BCUT2D eigenvalue weighted by molar-refractivity contribution is 5.87. The SMILES string of the molecule is CC(C)CCCNCCOc1cccc(C(=O)O)c1. The molecule has 0 aliphatic carbocycles. The number of ether oxygens (including phenoxy) is 1. The van der Waals surface area contributed by atoms with Gasteiger partial charge in [-0.3, -0.25) is 0 Å². The summed E-state index contributed by atoms with van der Waals surface area (Å²) in [4.78, 5) is 10.8. The summed E-state index contributed by atoms with van der Waals surface area (Å²) in [6.45, 7) is 6.76. The largest absolute Gasteiger partial charge is 0.492 e. The van der Waals surface area contributed by atoms with E-state index < -0.39 is 5.97 Å². The van der Waals surface area contributed by atoms with Crippen molar-refractivity contribution < 1.29 is 14.6 Å². The van der Waals surface area contributed by atoms with Crippen molar-refractivity contribution >= 4 is 5.97 Å². The fourth-order valence-corrected chi connectivity index (χ4v) is 1.72. The van der Waals surface area contributed by atoms with Crippen LogP contribution in [0.3, 0.4) is 0 Å². The van der Waals surface area contributed by atoms with Crippen LogP contribution < -0.4 is 10.1 Å². The van der Waals surface area contributed by atoms with Crippen molar-refractivity contribution in [2.24, 2.45) is 5.92 Å². The summed E-state index contributed by atoms with van der Waals surface area (Å²) >= 11 is 0. The van der Waals surface area contributed by atoms with Gasteiger partial charge in [-0.25, -0.2) is 4.79 Å². The molecule has 0 spiro atoms. The molecule has 0 saturated carbocycles. The second-order valence-electron chi connectivity index (χ2n) is 4.97. The molecule has 0 atom stereocenters. The first-order chi connectivity index (χ1) is 9.09. The highest BCUT2D eigenvalue weighted by atomic mass is 16.5. The Morgan fingerprint density at radius 2 is 2.16 bits per heavy atom. The smallest absolute Gasteiger partial charge is 0.335 e. The van der Waals surface area contributed by atoms with E-state index in [2.05, 4.69) is 19.2 Å². The van der Waals surface area contributed by atoms with Crippen LogP contribution in [0.15, 0.2) is 24.3 Å². The highest BCUT2D eigenvalue weighted by Crippen LogP contribution is 2.12. The maximum atomic E-state index is 10.8. The molecule has 1 rings (SSSR count). The number of carboxylic acid groups (broad SMARTS) is 1. The Hall–Kier alpha value is -1.55. The van der Waals surface area contributed by atoms with E-state index in [1.165, 1.54) is 12.8 Å². The summed E-state index contributed by atoms with van der Waals surface area (Å²) < 4.78 is 5.50. The van der Waals surface area contributed by atoms with Crippen molar-refractivity contribution in [2.75, 3.05) is 19.7 Å². The quantitative estimate of drug-likeness (QED) is 0.674. The average Bonchev–Trinajstić information content (AvgIpc) is 2.37. The van der Waals surface area contributed by atoms with Gasteiger partial charge in [-0.15, -0.1) is 0 Å². The third-order valence-corrected chi connectivity index (χ3v) is 2.76. The van der Waals surface area contributed by atoms with Gasteiger partial charge in [-0.2, -0.15) is 0 Å². The van der Waals surface area contributed by atoms with Crippen LogP contribution >= 0.6 is 0 Å².